The smallest absolute Gasteiger partial charge is 0.0167 e. The highest BCUT2D eigenvalue weighted by atomic mass is 14.0. The summed E-state index contributed by atoms with van der Waals surface area (Å²) in [4.78, 5) is 0. The fourth-order valence-electron chi connectivity index (χ4n) is 3.04. The molecule has 0 fully saturated rings. The Morgan fingerprint density at radius 1 is 0.577 bits per heavy atom. The molecule has 0 heterocycles. The van der Waals surface area contributed by atoms with E-state index in [2.05, 4.69) is 65.0 Å². The lowest BCUT2D eigenvalue weighted by Gasteiger charge is -2.01. The Balaban J connectivity index is 3.67. The molecule has 0 aliphatic carbocycles. The molecule has 0 rings (SSSR count). The molecule has 26 heavy (non-hydrogen) atoms. The van der Waals surface area contributed by atoms with Crippen LogP contribution in [0, 0.1) is 0 Å². The van der Waals surface area contributed by atoms with Crippen molar-refractivity contribution in [1.82, 2.24) is 0 Å². The van der Waals surface area contributed by atoms with E-state index in [1.165, 1.54) is 93.8 Å². The molecular formula is C26H46. The van der Waals surface area contributed by atoms with Gasteiger partial charge in [0.05, 0.1) is 0 Å². The Morgan fingerprint density at radius 2 is 1.15 bits per heavy atom. The van der Waals surface area contributed by atoms with Crippen LogP contribution in [0.1, 0.15) is 118 Å². The van der Waals surface area contributed by atoms with Gasteiger partial charge in [0.1, 0.15) is 0 Å². The Bertz CT molecular complexity index is 427. The van der Waals surface area contributed by atoms with Crippen molar-refractivity contribution >= 4 is 0 Å². The van der Waals surface area contributed by atoms with E-state index < -0.39 is 0 Å². The first-order valence-corrected chi connectivity index (χ1v) is 11.2. The van der Waals surface area contributed by atoms with E-state index >= 15 is 0 Å². The maximum atomic E-state index is 2.42. The Kier molecular flexibility index (Phi) is 18.0. The molecule has 0 aromatic carbocycles. The van der Waals surface area contributed by atoms with Crippen LogP contribution in [0.3, 0.4) is 0 Å². The SMILES string of the molecule is CCCCCCCCCC=CCC=C(C)CCC=C(C)CCC=C(C)C. The predicted octanol–water partition coefficient (Wildman–Crippen LogP) is 9.49. The minimum Gasteiger partial charge on any atom is -0.0882 e. The molecule has 0 spiro atoms. The summed E-state index contributed by atoms with van der Waals surface area (Å²) in [6.07, 6.45) is 28.8. The van der Waals surface area contributed by atoms with Gasteiger partial charge in [0, 0.05) is 0 Å². The number of rotatable bonds is 16. The molecule has 150 valence electrons. The van der Waals surface area contributed by atoms with E-state index in [4.69, 9.17) is 0 Å². The third-order valence-electron chi connectivity index (χ3n) is 4.87. The van der Waals surface area contributed by atoms with E-state index in [-0.39, 0.29) is 0 Å². The van der Waals surface area contributed by atoms with E-state index in [1.807, 2.05) is 0 Å². The summed E-state index contributed by atoms with van der Waals surface area (Å²) in [7, 11) is 0. The maximum Gasteiger partial charge on any atom is -0.0167 e. The van der Waals surface area contributed by atoms with Crippen molar-refractivity contribution in [2.24, 2.45) is 0 Å². The topological polar surface area (TPSA) is 0 Å². The molecule has 0 unspecified atom stereocenters. The van der Waals surface area contributed by atoms with Gasteiger partial charge in [0.2, 0.25) is 0 Å². The first-order valence-electron chi connectivity index (χ1n) is 11.2. The number of hydrogen-bond donors (Lipinski definition) is 0. The molecule has 0 atom stereocenters. The van der Waals surface area contributed by atoms with Crippen LogP contribution in [-0.2, 0) is 0 Å². The lowest BCUT2D eigenvalue weighted by Crippen LogP contribution is -1.81. The van der Waals surface area contributed by atoms with Gasteiger partial charge in [-0.2, -0.15) is 0 Å². The summed E-state index contributed by atoms with van der Waals surface area (Å²) < 4.78 is 0. The zero-order valence-electron chi connectivity index (χ0n) is 18.6. The normalized spacial score (nSPS) is 12.8. The van der Waals surface area contributed by atoms with Crippen LogP contribution in [0.2, 0.25) is 0 Å². The highest BCUT2D eigenvalue weighted by Crippen LogP contribution is 2.12. The average molecular weight is 359 g/mol. The van der Waals surface area contributed by atoms with Crippen LogP contribution >= 0.6 is 0 Å². The second-order valence-corrected chi connectivity index (χ2v) is 8.08. The molecule has 0 radical (unpaired) electrons. The lowest BCUT2D eigenvalue weighted by molar-refractivity contribution is 0.592. The van der Waals surface area contributed by atoms with Crippen molar-refractivity contribution in [2.45, 2.75) is 118 Å². The van der Waals surface area contributed by atoms with Crippen LogP contribution in [-0.4, -0.2) is 0 Å². The summed E-state index contributed by atoms with van der Waals surface area (Å²) in [5.41, 5.74) is 4.49. The fraction of sp³-hybridized carbons (Fsp3) is 0.692. The van der Waals surface area contributed by atoms with Gasteiger partial charge in [-0.1, -0.05) is 92.5 Å². The minimum absolute atomic E-state index is 1.10. The van der Waals surface area contributed by atoms with Gasteiger partial charge in [-0.15, -0.1) is 0 Å². The van der Waals surface area contributed by atoms with Gasteiger partial charge in [0.15, 0.2) is 0 Å². The summed E-state index contributed by atoms with van der Waals surface area (Å²) in [5.74, 6) is 0. The fourth-order valence-corrected chi connectivity index (χ4v) is 3.04. The summed E-state index contributed by atoms with van der Waals surface area (Å²) in [6, 6.07) is 0. The van der Waals surface area contributed by atoms with E-state index in [9.17, 15) is 0 Å². The molecule has 0 aliphatic heterocycles. The number of allylic oxidation sites excluding steroid dienone is 8. The maximum absolute atomic E-state index is 2.42. The van der Waals surface area contributed by atoms with Crippen LogP contribution in [0.4, 0.5) is 0 Å². The van der Waals surface area contributed by atoms with Crippen molar-refractivity contribution in [3.63, 3.8) is 0 Å². The molecule has 0 nitrogen and oxygen atoms in total. The first-order chi connectivity index (χ1) is 12.6. The van der Waals surface area contributed by atoms with Crippen LogP contribution in [0.15, 0.2) is 47.1 Å². The third kappa shape index (κ3) is 19.3. The van der Waals surface area contributed by atoms with Gasteiger partial charge < -0.3 is 0 Å². The molecule has 0 saturated heterocycles. The molecule has 0 aromatic rings. The Labute approximate surface area is 165 Å². The van der Waals surface area contributed by atoms with Crippen molar-refractivity contribution in [3.05, 3.63) is 47.1 Å². The molecular weight excluding hydrogens is 312 g/mol. The highest BCUT2D eigenvalue weighted by Gasteiger charge is 1.92. The summed E-state index contributed by atoms with van der Waals surface area (Å²) in [5, 5.41) is 0. The third-order valence-corrected chi connectivity index (χ3v) is 4.87. The van der Waals surface area contributed by atoms with Crippen LogP contribution in [0.5, 0.6) is 0 Å². The lowest BCUT2D eigenvalue weighted by atomic mass is 10.1. The Morgan fingerprint density at radius 3 is 1.81 bits per heavy atom. The minimum atomic E-state index is 1.10. The molecule has 0 aromatic heterocycles. The summed E-state index contributed by atoms with van der Waals surface area (Å²) in [6.45, 7) is 11.2. The number of unbranched alkanes of at least 4 members (excludes halogenated alkanes) is 7. The number of hydrogen-bond acceptors (Lipinski definition) is 0. The molecule has 0 N–H and O–H groups in total. The quantitative estimate of drug-likeness (QED) is 0.190. The molecule has 0 amide bonds. The van der Waals surface area contributed by atoms with E-state index in [0.717, 1.165) is 6.42 Å². The molecule has 0 heteroatoms. The first kappa shape index (κ1) is 25.0. The predicted molar refractivity (Wildman–Crippen MR) is 122 cm³/mol. The van der Waals surface area contributed by atoms with Gasteiger partial charge in [-0.25, -0.2) is 0 Å². The Hall–Kier alpha value is -1.04. The summed E-state index contributed by atoms with van der Waals surface area (Å²) >= 11 is 0. The van der Waals surface area contributed by atoms with Gasteiger partial charge >= 0.3 is 0 Å². The van der Waals surface area contributed by atoms with Crippen molar-refractivity contribution in [2.75, 3.05) is 0 Å². The van der Waals surface area contributed by atoms with E-state index in [1.54, 1.807) is 0 Å². The van der Waals surface area contributed by atoms with Gasteiger partial charge in [-0.05, 0) is 72.6 Å². The zero-order valence-corrected chi connectivity index (χ0v) is 18.6. The zero-order chi connectivity index (χ0) is 19.5. The van der Waals surface area contributed by atoms with Gasteiger partial charge in [-0.3, -0.25) is 0 Å². The van der Waals surface area contributed by atoms with E-state index in [0.29, 0.717) is 0 Å². The van der Waals surface area contributed by atoms with Crippen molar-refractivity contribution in [3.8, 4) is 0 Å². The second-order valence-electron chi connectivity index (χ2n) is 8.08. The van der Waals surface area contributed by atoms with Gasteiger partial charge in [0.25, 0.3) is 0 Å². The monoisotopic (exact) mass is 358 g/mol. The van der Waals surface area contributed by atoms with Crippen LogP contribution < -0.4 is 0 Å². The largest absolute Gasteiger partial charge is 0.0882 e. The van der Waals surface area contributed by atoms with Crippen molar-refractivity contribution < 1.29 is 0 Å². The van der Waals surface area contributed by atoms with Crippen molar-refractivity contribution in [1.29, 1.82) is 0 Å². The standard InChI is InChI=1S/C26H46/c1-6-7-8-9-10-11-12-13-14-15-16-20-25(4)22-18-23-26(5)21-17-19-24(2)3/h14-15,19-20,23H,6-13,16-18,21-22H2,1-5H3. The molecule has 0 bridgehead atoms. The average Bonchev–Trinajstić information content (AvgIpc) is 2.59. The molecule has 0 saturated carbocycles. The second kappa shape index (κ2) is 18.7. The highest BCUT2D eigenvalue weighted by molar-refractivity contribution is 5.06. The molecule has 0 aliphatic rings. The van der Waals surface area contributed by atoms with Crippen LogP contribution in [0.25, 0.3) is 0 Å².